The maximum absolute atomic E-state index is 12.1. The van der Waals surface area contributed by atoms with E-state index < -0.39 is 0 Å². The quantitative estimate of drug-likeness (QED) is 0.221. The molecular weight excluding hydrogens is 390 g/mol. The number of aliphatic hydroxyl groups is 1. The predicted molar refractivity (Wildman–Crippen MR) is 135 cm³/mol. The number of thioether (sulfide) groups is 1. The lowest BCUT2D eigenvalue weighted by Gasteiger charge is -2.23. The Labute approximate surface area is 189 Å². The van der Waals surface area contributed by atoms with E-state index in [-0.39, 0.29) is 17.1 Å². The minimum atomic E-state index is 0.0950. The number of hydrogen-bond acceptors (Lipinski definition) is 4. The molecule has 0 aromatic rings. The number of carbonyl (C=O) groups excluding carboxylic acids is 1. The summed E-state index contributed by atoms with van der Waals surface area (Å²) in [5.41, 5.74) is 5.09. The standard InChI is InChI=1S/C26H43NO2S/c1-9-23(4)24(26(5,6)7)15-14-21(2)12-10-13-22(3)20-25(29)30-19-11-16-27(8)17-18-28/h10,12-15,20,28H,9,11,16-19H2,1-8H3/b13-10+,15-14+,21-12+,22-20+,24-23-. The molecule has 30 heavy (non-hydrogen) atoms. The molecule has 0 radical (unpaired) electrons. The van der Waals surface area contributed by atoms with Gasteiger partial charge in [0.25, 0.3) is 0 Å². The fraction of sp³-hybridized carbons (Fsp3) is 0.577. The number of allylic oxidation sites excluding steroid dienone is 9. The number of carbonyl (C=O) groups is 1. The fourth-order valence-electron chi connectivity index (χ4n) is 2.91. The zero-order valence-corrected chi connectivity index (χ0v) is 21.2. The van der Waals surface area contributed by atoms with Crippen molar-refractivity contribution >= 4 is 16.9 Å². The summed E-state index contributed by atoms with van der Waals surface area (Å²) in [5, 5.41) is 8.97. The van der Waals surface area contributed by atoms with Crippen molar-refractivity contribution < 1.29 is 9.90 Å². The van der Waals surface area contributed by atoms with Crippen LogP contribution in [0.25, 0.3) is 0 Å². The van der Waals surface area contributed by atoms with E-state index in [1.54, 1.807) is 6.08 Å². The third-order valence-electron chi connectivity index (χ3n) is 4.78. The van der Waals surface area contributed by atoms with E-state index in [1.165, 1.54) is 28.5 Å². The third-order valence-corrected chi connectivity index (χ3v) is 5.68. The molecule has 1 N–H and O–H groups in total. The summed E-state index contributed by atoms with van der Waals surface area (Å²) in [5.74, 6) is 0.798. The molecule has 0 unspecified atom stereocenters. The lowest BCUT2D eigenvalue weighted by atomic mass is 9.82. The molecule has 0 aliphatic rings. The van der Waals surface area contributed by atoms with E-state index in [9.17, 15) is 4.79 Å². The molecule has 0 bridgehead atoms. The minimum absolute atomic E-state index is 0.0950. The number of hydrogen-bond donors (Lipinski definition) is 1. The van der Waals surface area contributed by atoms with Crippen molar-refractivity contribution in [1.29, 1.82) is 0 Å². The predicted octanol–water partition coefficient (Wildman–Crippen LogP) is 6.34. The average Bonchev–Trinajstić information content (AvgIpc) is 2.64. The Morgan fingerprint density at radius 3 is 2.27 bits per heavy atom. The van der Waals surface area contributed by atoms with Crippen LogP contribution in [-0.2, 0) is 4.79 Å². The number of rotatable bonds is 12. The Hall–Kier alpha value is -1.36. The van der Waals surface area contributed by atoms with Crippen LogP contribution in [0.4, 0.5) is 0 Å². The van der Waals surface area contributed by atoms with Gasteiger partial charge in [0, 0.05) is 12.3 Å². The van der Waals surface area contributed by atoms with Gasteiger partial charge in [-0.05, 0) is 69.8 Å². The van der Waals surface area contributed by atoms with Crippen LogP contribution in [0.15, 0.2) is 58.7 Å². The molecule has 0 aliphatic heterocycles. The van der Waals surface area contributed by atoms with E-state index in [1.807, 2.05) is 26.1 Å². The molecule has 3 nitrogen and oxygen atoms in total. The van der Waals surface area contributed by atoms with Crippen molar-refractivity contribution in [3.8, 4) is 0 Å². The lowest BCUT2D eigenvalue weighted by molar-refractivity contribution is -0.107. The van der Waals surface area contributed by atoms with E-state index in [2.05, 4.69) is 64.7 Å². The van der Waals surface area contributed by atoms with Crippen LogP contribution in [0.1, 0.15) is 61.3 Å². The Morgan fingerprint density at radius 1 is 1.03 bits per heavy atom. The summed E-state index contributed by atoms with van der Waals surface area (Å²) in [6.07, 6.45) is 14.1. The van der Waals surface area contributed by atoms with E-state index >= 15 is 0 Å². The van der Waals surface area contributed by atoms with Crippen molar-refractivity contribution in [1.82, 2.24) is 4.90 Å². The van der Waals surface area contributed by atoms with E-state index in [0.717, 1.165) is 30.7 Å². The summed E-state index contributed by atoms with van der Waals surface area (Å²) in [6, 6.07) is 0. The van der Waals surface area contributed by atoms with Gasteiger partial charge in [0.15, 0.2) is 0 Å². The maximum atomic E-state index is 12.1. The molecule has 4 heteroatoms. The van der Waals surface area contributed by atoms with Gasteiger partial charge in [-0.25, -0.2) is 0 Å². The second-order valence-corrected chi connectivity index (χ2v) is 9.94. The molecule has 0 heterocycles. The molecule has 0 saturated carbocycles. The Balaban J connectivity index is 4.70. The highest BCUT2D eigenvalue weighted by atomic mass is 32.2. The first-order chi connectivity index (χ1) is 14.0. The van der Waals surface area contributed by atoms with Gasteiger partial charge in [-0.3, -0.25) is 4.79 Å². The van der Waals surface area contributed by atoms with Crippen molar-refractivity contribution in [3.05, 3.63) is 58.7 Å². The van der Waals surface area contributed by atoms with Crippen molar-refractivity contribution in [3.63, 3.8) is 0 Å². The minimum Gasteiger partial charge on any atom is -0.395 e. The van der Waals surface area contributed by atoms with Crippen molar-refractivity contribution in [2.24, 2.45) is 5.41 Å². The van der Waals surface area contributed by atoms with Crippen LogP contribution in [0.5, 0.6) is 0 Å². The topological polar surface area (TPSA) is 40.5 Å². The van der Waals surface area contributed by atoms with Gasteiger partial charge < -0.3 is 10.0 Å². The summed E-state index contributed by atoms with van der Waals surface area (Å²) in [7, 11) is 1.98. The second-order valence-electron chi connectivity index (χ2n) is 8.84. The number of likely N-dealkylation sites (N-methyl/N-ethyl adjacent to an activating group) is 1. The van der Waals surface area contributed by atoms with Crippen LogP contribution >= 0.6 is 11.8 Å². The van der Waals surface area contributed by atoms with Gasteiger partial charge in [0.2, 0.25) is 5.12 Å². The Kier molecular flexibility index (Phi) is 14.7. The van der Waals surface area contributed by atoms with Gasteiger partial charge in [-0.2, -0.15) is 0 Å². The molecule has 0 fully saturated rings. The molecule has 0 spiro atoms. The third kappa shape index (κ3) is 13.8. The summed E-state index contributed by atoms with van der Waals surface area (Å²) in [4.78, 5) is 14.1. The first kappa shape index (κ1) is 28.6. The summed E-state index contributed by atoms with van der Waals surface area (Å²) < 4.78 is 0. The second kappa shape index (κ2) is 15.4. The monoisotopic (exact) mass is 433 g/mol. The summed E-state index contributed by atoms with van der Waals surface area (Å²) >= 11 is 1.35. The normalized spacial score (nSPS) is 14.9. The van der Waals surface area contributed by atoms with Crippen LogP contribution < -0.4 is 0 Å². The van der Waals surface area contributed by atoms with Gasteiger partial charge in [0.1, 0.15) is 0 Å². The number of nitrogens with zero attached hydrogens (tertiary/aromatic N) is 1. The highest BCUT2D eigenvalue weighted by Gasteiger charge is 2.16. The fourth-order valence-corrected chi connectivity index (χ4v) is 3.65. The smallest absolute Gasteiger partial charge is 0.212 e. The van der Waals surface area contributed by atoms with Gasteiger partial charge in [-0.1, -0.05) is 81.0 Å². The molecule has 0 saturated heterocycles. The Morgan fingerprint density at radius 2 is 1.70 bits per heavy atom. The average molecular weight is 434 g/mol. The summed E-state index contributed by atoms with van der Waals surface area (Å²) in [6.45, 7) is 17.0. The van der Waals surface area contributed by atoms with E-state index in [0.29, 0.717) is 6.54 Å². The van der Waals surface area contributed by atoms with E-state index in [4.69, 9.17) is 5.11 Å². The molecule has 0 aromatic carbocycles. The first-order valence-electron chi connectivity index (χ1n) is 10.9. The highest BCUT2D eigenvalue weighted by molar-refractivity contribution is 8.14. The van der Waals surface area contributed by atoms with Crippen molar-refractivity contribution in [2.45, 2.75) is 61.3 Å². The molecule has 0 aliphatic carbocycles. The molecular formula is C26H43NO2S. The molecule has 0 aromatic heterocycles. The highest BCUT2D eigenvalue weighted by Crippen LogP contribution is 2.30. The van der Waals surface area contributed by atoms with Crippen LogP contribution in [0, 0.1) is 5.41 Å². The largest absolute Gasteiger partial charge is 0.395 e. The Bertz CT molecular complexity index is 676. The van der Waals surface area contributed by atoms with Gasteiger partial charge >= 0.3 is 0 Å². The molecule has 0 atom stereocenters. The van der Waals surface area contributed by atoms with Crippen LogP contribution in [-0.4, -0.2) is 47.6 Å². The zero-order valence-electron chi connectivity index (χ0n) is 20.4. The number of aliphatic hydroxyl groups excluding tert-OH is 1. The first-order valence-corrected chi connectivity index (χ1v) is 11.9. The lowest BCUT2D eigenvalue weighted by Crippen LogP contribution is -2.23. The maximum Gasteiger partial charge on any atom is 0.212 e. The SMILES string of the molecule is CC/C(C)=C(/C=C/C(C)=C/C=C/C(C)=C/C(=O)SCCCN(C)CCO)C(C)(C)C. The molecule has 0 amide bonds. The molecule has 0 rings (SSSR count). The van der Waals surface area contributed by atoms with Crippen LogP contribution in [0.3, 0.4) is 0 Å². The van der Waals surface area contributed by atoms with Crippen LogP contribution in [0.2, 0.25) is 0 Å². The molecule has 170 valence electrons. The van der Waals surface area contributed by atoms with Gasteiger partial charge in [-0.15, -0.1) is 0 Å². The van der Waals surface area contributed by atoms with Crippen molar-refractivity contribution in [2.75, 3.05) is 32.5 Å². The zero-order chi connectivity index (χ0) is 23.2. The van der Waals surface area contributed by atoms with Gasteiger partial charge in [0.05, 0.1) is 6.61 Å².